The Balaban J connectivity index is 2.88. The Hall–Kier alpha value is -0.940. The summed E-state index contributed by atoms with van der Waals surface area (Å²) in [7, 11) is 0. The summed E-state index contributed by atoms with van der Waals surface area (Å²) in [4.78, 5) is 10.4. The van der Waals surface area contributed by atoms with E-state index < -0.39 is 4.92 Å². The number of nitrogens with one attached hydrogen (secondary N) is 1. The summed E-state index contributed by atoms with van der Waals surface area (Å²) in [6, 6.07) is 4.66. The Kier molecular flexibility index (Phi) is 4.89. The lowest BCUT2D eigenvalue weighted by Gasteiger charge is -2.12. The van der Waals surface area contributed by atoms with Gasteiger partial charge in [-0.2, -0.15) is 11.8 Å². The van der Waals surface area contributed by atoms with E-state index in [4.69, 9.17) is 11.6 Å². The first kappa shape index (κ1) is 13.1. The van der Waals surface area contributed by atoms with Gasteiger partial charge in [-0.1, -0.05) is 24.6 Å². The van der Waals surface area contributed by atoms with Crippen LogP contribution in [0.1, 0.15) is 6.92 Å². The number of nitrogens with zero attached hydrogens (tertiary/aromatic N) is 1. The summed E-state index contributed by atoms with van der Waals surface area (Å²) in [5, 5.41) is 14.6. The van der Waals surface area contributed by atoms with Crippen molar-refractivity contribution in [2.75, 3.05) is 18.1 Å². The van der Waals surface area contributed by atoms with Crippen molar-refractivity contribution < 1.29 is 4.92 Å². The molecule has 0 bridgehead atoms. The smallest absolute Gasteiger partial charge is 0.293 e. The second-order valence-corrected chi connectivity index (χ2v) is 5.00. The normalized spacial score (nSPS) is 12.2. The number of anilines is 1. The van der Waals surface area contributed by atoms with E-state index in [1.807, 2.05) is 13.2 Å². The Bertz CT molecular complexity index is 387. The number of nitro benzene ring substituents is 1. The molecule has 0 aliphatic heterocycles. The van der Waals surface area contributed by atoms with Crippen LogP contribution in [0.4, 0.5) is 11.4 Å². The van der Waals surface area contributed by atoms with Crippen molar-refractivity contribution >= 4 is 34.7 Å². The van der Waals surface area contributed by atoms with E-state index in [1.54, 1.807) is 23.9 Å². The van der Waals surface area contributed by atoms with Crippen LogP contribution in [0.2, 0.25) is 5.02 Å². The highest BCUT2D eigenvalue weighted by Crippen LogP contribution is 2.31. The first-order valence-corrected chi connectivity index (χ1v) is 6.42. The van der Waals surface area contributed by atoms with Crippen LogP contribution in [-0.4, -0.2) is 23.0 Å². The molecular formula is C10H13ClN2O2S. The average Bonchev–Trinajstić information content (AvgIpc) is 2.26. The van der Waals surface area contributed by atoms with Gasteiger partial charge in [0.05, 0.1) is 9.95 Å². The minimum Gasteiger partial charge on any atom is -0.377 e. The van der Waals surface area contributed by atoms with Gasteiger partial charge in [0.1, 0.15) is 5.69 Å². The molecule has 1 unspecified atom stereocenters. The predicted molar refractivity (Wildman–Crippen MR) is 69.6 cm³/mol. The summed E-state index contributed by atoms with van der Waals surface area (Å²) in [6.07, 6.45) is 1.99. The summed E-state index contributed by atoms with van der Waals surface area (Å²) in [5.41, 5.74) is 0.413. The summed E-state index contributed by atoms with van der Waals surface area (Å²) in [5.74, 6) is 0. The first-order valence-electron chi connectivity index (χ1n) is 4.75. The summed E-state index contributed by atoms with van der Waals surface area (Å²) < 4.78 is 0. The fourth-order valence-electron chi connectivity index (χ4n) is 1.17. The van der Waals surface area contributed by atoms with Crippen molar-refractivity contribution in [3.8, 4) is 0 Å². The highest BCUT2D eigenvalue weighted by atomic mass is 35.5. The van der Waals surface area contributed by atoms with Gasteiger partial charge in [0.25, 0.3) is 5.69 Å². The second kappa shape index (κ2) is 5.96. The van der Waals surface area contributed by atoms with Crippen LogP contribution in [0, 0.1) is 10.1 Å². The van der Waals surface area contributed by atoms with Crippen molar-refractivity contribution in [1.82, 2.24) is 0 Å². The van der Waals surface area contributed by atoms with Gasteiger partial charge in [0, 0.05) is 17.9 Å². The van der Waals surface area contributed by atoms with Gasteiger partial charge in [-0.25, -0.2) is 0 Å². The van der Waals surface area contributed by atoms with Crippen LogP contribution in [-0.2, 0) is 0 Å². The molecule has 0 spiro atoms. The molecule has 1 rings (SSSR count). The van der Waals surface area contributed by atoms with Crippen LogP contribution in [0.3, 0.4) is 0 Å². The van der Waals surface area contributed by atoms with Gasteiger partial charge in [-0.3, -0.25) is 10.1 Å². The SMILES string of the molecule is CSC(C)CNc1c(Cl)cccc1[N+](=O)[O-]. The molecule has 1 aromatic rings. The number of para-hydroxylation sites is 1. The third-order valence-corrected chi connectivity index (χ3v) is 3.44. The number of halogens is 1. The topological polar surface area (TPSA) is 55.2 Å². The molecule has 6 heteroatoms. The van der Waals surface area contributed by atoms with E-state index in [0.29, 0.717) is 22.5 Å². The highest BCUT2D eigenvalue weighted by molar-refractivity contribution is 7.99. The fourth-order valence-corrected chi connectivity index (χ4v) is 1.66. The van der Waals surface area contributed by atoms with E-state index >= 15 is 0 Å². The maximum absolute atomic E-state index is 10.8. The van der Waals surface area contributed by atoms with E-state index in [9.17, 15) is 10.1 Å². The molecule has 0 saturated carbocycles. The number of hydrogen-bond donors (Lipinski definition) is 1. The molecule has 0 saturated heterocycles. The first-order chi connectivity index (χ1) is 7.56. The molecule has 4 nitrogen and oxygen atoms in total. The largest absolute Gasteiger partial charge is 0.377 e. The van der Waals surface area contributed by atoms with Gasteiger partial charge in [-0.15, -0.1) is 0 Å². The lowest BCUT2D eigenvalue weighted by molar-refractivity contribution is -0.383. The molecule has 0 aliphatic carbocycles. The number of benzene rings is 1. The van der Waals surface area contributed by atoms with E-state index in [-0.39, 0.29) is 5.69 Å². The van der Waals surface area contributed by atoms with E-state index in [0.717, 1.165) is 0 Å². The molecule has 0 fully saturated rings. The zero-order valence-electron chi connectivity index (χ0n) is 9.07. The van der Waals surface area contributed by atoms with Crippen LogP contribution in [0.5, 0.6) is 0 Å². The van der Waals surface area contributed by atoms with Gasteiger partial charge < -0.3 is 5.32 Å². The van der Waals surface area contributed by atoms with Crippen LogP contribution in [0.15, 0.2) is 18.2 Å². The number of nitro groups is 1. The minimum absolute atomic E-state index is 0.0146. The molecule has 1 atom stereocenters. The van der Waals surface area contributed by atoms with Gasteiger partial charge >= 0.3 is 0 Å². The third-order valence-electron chi connectivity index (χ3n) is 2.16. The van der Waals surface area contributed by atoms with Crippen molar-refractivity contribution in [3.63, 3.8) is 0 Å². The van der Waals surface area contributed by atoms with Crippen LogP contribution >= 0.6 is 23.4 Å². The zero-order chi connectivity index (χ0) is 12.1. The highest BCUT2D eigenvalue weighted by Gasteiger charge is 2.16. The molecule has 0 aliphatic rings. The molecule has 0 amide bonds. The minimum atomic E-state index is -0.433. The molecule has 0 radical (unpaired) electrons. The maximum atomic E-state index is 10.8. The molecule has 0 aromatic heterocycles. The molecular weight excluding hydrogens is 248 g/mol. The van der Waals surface area contributed by atoms with Gasteiger partial charge in [-0.05, 0) is 12.3 Å². The number of hydrogen-bond acceptors (Lipinski definition) is 4. The van der Waals surface area contributed by atoms with Crippen molar-refractivity contribution in [2.45, 2.75) is 12.2 Å². The van der Waals surface area contributed by atoms with Gasteiger partial charge in [0.15, 0.2) is 0 Å². The molecule has 88 valence electrons. The Labute approximate surface area is 104 Å². The van der Waals surface area contributed by atoms with E-state index in [2.05, 4.69) is 5.32 Å². The Morgan fingerprint density at radius 1 is 1.62 bits per heavy atom. The lowest BCUT2D eigenvalue weighted by atomic mass is 10.2. The predicted octanol–water partition coefficient (Wildman–Crippen LogP) is 3.41. The monoisotopic (exact) mass is 260 g/mol. The molecule has 1 aromatic carbocycles. The standard InChI is InChI=1S/C10H13ClN2O2S/c1-7(16-2)6-12-10-8(11)4-3-5-9(10)13(14)15/h3-5,7,12H,6H2,1-2H3. The van der Waals surface area contributed by atoms with E-state index in [1.165, 1.54) is 6.07 Å². The van der Waals surface area contributed by atoms with Crippen molar-refractivity contribution in [3.05, 3.63) is 33.3 Å². The summed E-state index contributed by atoms with van der Waals surface area (Å²) in [6.45, 7) is 2.69. The molecule has 1 N–H and O–H groups in total. The molecule has 16 heavy (non-hydrogen) atoms. The second-order valence-electron chi connectivity index (χ2n) is 3.32. The average molecular weight is 261 g/mol. The van der Waals surface area contributed by atoms with Crippen molar-refractivity contribution in [1.29, 1.82) is 0 Å². The van der Waals surface area contributed by atoms with Crippen LogP contribution in [0.25, 0.3) is 0 Å². The fraction of sp³-hybridized carbons (Fsp3) is 0.400. The Morgan fingerprint density at radius 2 is 2.31 bits per heavy atom. The van der Waals surface area contributed by atoms with Gasteiger partial charge in [0.2, 0.25) is 0 Å². The summed E-state index contributed by atoms with van der Waals surface area (Å²) >= 11 is 7.62. The Morgan fingerprint density at radius 3 is 2.88 bits per heavy atom. The number of rotatable bonds is 5. The third kappa shape index (κ3) is 3.28. The zero-order valence-corrected chi connectivity index (χ0v) is 10.6. The van der Waals surface area contributed by atoms with Crippen molar-refractivity contribution in [2.24, 2.45) is 0 Å². The lowest BCUT2D eigenvalue weighted by Crippen LogP contribution is -2.13. The van der Waals surface area contributed by atoms with Crippen LogP contribution < -0.4 is 5.32 Å². The maximum Gasteiger partial charge on any atom is 0.293 e. The molecule has 0 heterocycles. The quantitative estimate of drug-likeness (QED) is 0.651. The number of thioether (sulfide) groups is 1.